The van der Waals surface area contributed by atoms with Crippen LogP contribution in [0.25, 0.3) is 0 Å². The molecular formula is C66H108N22O22. The van der Waals surface area contributed by atoms with E-state index in [1.807, 2.05) is 13.8 Å². The minimum atomic E-state index is -1.83. The molecule has 0 aromatic heterocycles. The van der Waals surface area contributed by atoms with Crippen LogP contribution in [-0.4, -0.2) is 298 Å². The Kier molecular flexibility index (Phi) is 37.9. The fourth-order valence-corrected chi connectivity index (χ4v) is 12.5. The molecule has 15 amide bonds. The van der Waals surface area contributed by atoms with Gasteiger partial charge in [-0.3, -0.25) is 91.5 Å². The first-order chi connectivity index (χ1) is 51.9. The molecule has 0 radical (unpaired) electrons. The molecule has 4 aliphatic rings. The van der Waals surface area contributed by atoms with E-state index in [9.17, 15) is 102 Å². The molecule has 614 valence electrons. The lowest BCUT2D eigenvalue weighted by molar-refractivity contribution is -0.146. The van der Waals surface area contributed by atoms with Gasteiger partial charge in [0.05, 0.1) is 32.3 Å². The minimum absolute atomic E-state index is 0.0125. The van der Waals surface area contributed by atoms with Crippen LogP contribution >= 0.6 is 0 Å². The van der Waals surface area contributed by atoms with Crippen LogP contribution in [0.5, 0.6) is 0 Å². The van der Waals surface area contributed by atoms with Crippen molar-refractivity contribution in [2.75, 3.05) is 65.5 Å². The number of aliphatic carboxylic acids is 3. The van der Waals surface area contributed by atoms with Crippen molar-refractivity contribution < 1.29 is 107 Å². The number of nitrogens with two attached hydrogens (primary N) is 4. The monoisotopic (exact) mass is 1560 g/mol. The number of nitrogens with one attached hydrogen (secondary N) is 13. The largest absolute Gasteiger partial charge is 0.481 e. The van der Waals surface area contributed by atoms with Crippen molar-refractivity contribution in [3.63, 3.8) is 0 Å². The summed E-state index contributed by atoms with van der Waals surface area (Å²) < 4.78 is 0. The van der Waals surface area contributed by atoms with Crippen LogP contribution in [0.4, 0.5) is 0 Å². The van der Waals surface area contributed by atoms with Gasteiger partial charge in [0.25, 0.3) is 0 Å². The molecule has 0 unspecified atom stereocenters. The number of amides is 15. The number of carboxylic acid groups (broad SMARTS) is 3. The van der Waals surface area contributed by atoms with E-state index in [1.165, 1.54) is 30.6 Å². The molecule has 0 spiro atoms. The van der Waals surface area contributed by atoms with Gasteiger partial charge in [-0.1, -0.05) is 13.8 Å². The van der Waals surface area contributed by atoms with Gasteiger partial charge in [0.1, 0.15) is 72.5 Å². The van der Waals surface area contributed by atoms with Crippen molar-refractivity contribution in [1.82, 2.24) is 83.8 Å². The van der Waals surface area contributed by atoms with Crippen molar-refractivity contribution >= 4 is 118 Å². The third-order valence-corrected chi connectivity index (χ3v) is 18.3. The van der Waals surface area contributed by atoms with Crippen LogP contribution in [0, 0.1) is 5.92 Å². The molecule has 4 fully saturated rings. The molecule has 0 aromatic carbocycles. The highest BCUT2D eigenvalue weighted by Crippen LogP contribution is 2.25. The zero-order valence-electron chi connectivity index (χ0n) is 62.4. The number of carbonyl (C=O) groups is 18. The molecule has 44 heteroatoms. The van der Waals surface area contributed by atoms with Crippen LogP contribution < -0.4 is 92.1 Å². The number of aliphatic hydroxyl groups excluding tert-OH is 1. The van der Waals surface area contributed by atoms with E-state index in [1.54, 1.807) is 0 Å². The van der Waals surface area contributed by atoms with Crippen molar-refractivity contribution in [3.8, 4) is 0 Å². The molecule has 44 nitrogen and oxygen atoms in total. The number of likely N-dealkylation sites (tertiary alicyclic amines) is 3. The molecule has 4 saturated heterocycles. The third-order valence-electron chi connectivity index (χ3n) is 18.3. The molecule has 13 atom stereocenters. The number of nitrogens with zero attached hydrogens (tertiary/aromatic N) is 5. The van der Waals surface area contributed by atoms with E-state index < -0.39 is 231 Å². The predicted molar refractivity (Wildman–Crippen MR) is 386 cm³/mol. The Morgan fingerprint density at radius 1 is 0.427 bits per heavy atom. The maximum absolute atomic E-state index is 14.5. The van der Waals surface area contributed by atoms with Crippen molar-refractivity contribution in [2.24, 2.45) is 38.8 Å². The summed E-state index contributed by atoms with van der Waals surface area (Å²) in [4.78, 5) is 249. The molecule has 25 N–H and O–H groups in total. The second kappa shape index (κ2) is 45.7. The lowest BCUT2D eigenvalue weighted by atomic mass is 10.0. The molecule has 0 aromatic rings. The molecule has 110 heavy (non-hydrogen) atoms. The average molecular weight is 1560 g/mol. The summed E-state index contributed by atoms with van der Waals surface area (Å²) >= 11 is 0. The van der Waals surface area contributed by atoms with Crippen LogP contribution in [0.1, 0.15) is 144 Å². The summed E-state index contributed by atoms with van der Waals surface area (Å²) in [5.41, 5.74) is 21.8. The van der Waals surface area contributed by atoms with Crippen LogP contribution in [0.15, 0.2) is 9.98 Å². The number of carboxylic acids is 3. The van der Waals surface area contributed by atoms with Gasteiger partial charge in [0.15, 0.2) is 11.9 Å². The first kappa shape index (κ1) is 91.3. The maximum Gasteiger partial charge on any atom is 0.326 e. The van der Waals surface area contributed by atoms with Crippen molar-refractivity contribution in [1.29, 1.82) is 0 Å². The molecule has 4 rings (SSSR count). The van der Waals surface area contributed by atoms with Gasteiger partial charge in [-0.2, -0.15) is 0 Å². The van der Waals surface area contributed by atoms with Crippen molar-refractivity contribution in [3.05, 3.63) is 0 Å². The van der Waals surface area contributed by atoms with E-state index >= 15 is 0 Å². The topological polar surface area (TPSA) is 683 Å². The van der Waals surface area contributed by atoms with E-state index in [-0.39, 0.29) is 108 Å². The average Bonchev–Trinajstić information content (AvgIpc) is 1.63. The Bertz CT molecular complexity index is 3380. The molecule has 0 aliphatic carbocycles. The Hall–Kier alpha value is -11.1. The van der Waals surface area contributed by atoms with Crippen LogP contribution in [-0.2, 0) is 86.3 Å². The normalized spacial score (nSPS) is 19.0. The SMILES string of the molecule is CC(C)C[C@H](NC(=O)[C@@H]1CCCN1C(=O)[C@H](CCCN=C(N)N)NC(=O)[C@H](C)NC(=O)[C@H](C)NC(=O)CNC(=O)[C@H](CCC(=O)O)NC(=O)[C@H](CO)NC(=O)[C@H](C)NC(=O)[C@@H]1CCCN1C(=O)CNC(=O)CNC(=O)[C@H](CCC(=O)O)NC(=O)[C@@H]1CCCN1)C(=O)N1CCC[C@H]1C(=O)N[C@@H](CCCN=C(N)N)C(=O)O. The Morgan fingerprint density at radius 2 is 0.855 bits per heavy atom. The second-order valence-electron chi connectivity index (χ2n) is 27.5. The number of hydrogen-bond acceptors (Lipinski definition) is 22. The summed E-state index contributed by atoms with van der Waals surface area (Å²) in [7, 11) is 0. The van der Waals surface area contributed by atoms with E-state index in [4.69, 9.17) is 28.0 Å². The molecule has 4 heterocycles. The first-order valence-electron chi connectivity index (χ1n) is 36.5. The van der Waals surface area contributed by atoms with Gasteiger partial charge in [0.2, 0.25) is 88.6 Å². The first-order valence-corrected chi connectivity index (χ1v) is 36.5. The van der Waals surface area contributed by atoms with E-state index in [0.29, 0.717) is 32.2 Å². The Balaban J connectivity index is 1.30. The number of aliphatic imine (C=N–C) groups is 2. The number of aliphatic hydroxyl groups is 1. The van der Waals surface area contributed by atoms with Crippen molar-refractivity contribution in [2.45, 2.75) is 222 Å². The fourth-order valence-electron chi connectivity index (χ4n) is 12.5. The van der Waals surface area contributed by atoms with Crippen LogP contribution in [0.3, 0.4) is 0 Å². The van der Waals surface area contributed by atoms with Gasteiger partial charge in [-0.25, -0.2) is 4.79 Å². The lowest BCUT2D eigenvalue weighted by Crippen LogP contribution is -2.59. The van der Waals surface area contributed by atoms with Crippen LogP contribution in [0.2, 0.25) is 0 Å². The number of hydrogen-bond donors (Lipinski definition) is 21. The summed E-state index contributed by atoms with van der Waals surface area (Å²) in [6.45, 7) is 4.98. The van der Waals surface area contributed by atoms with E-state index in [0.717, 1.165) is 11.3 Å². The molecule has 4 aliphatic heterocycles. The highest BCUT2D eigenvalue weighted by molar-refractivity contribution is 6.00. The maximum atomic E-state index is 14.5. The Labute approximate surface area is 633 Å². The minimum Gasteiger partial charge on any atom is -0.481 e. The van der Waals surface area contributed by atoms with Gasteiger partial charge in [-0.05, 0) is 130 Å². The quantitative estimate of drug-likeness (QED) is 0.0153. The second-order valence-corrected chi connectivity index (χ2v) is 27.5. The summed E-state index contributed by atoms with van der Waals surface area (Å²) in [6.07, 6.45) is 1.09. The zero-order valence-corrected chi connectivity index (χ0v) is 62.4. The highest BCUT2D eigenvalue weighted by Gasteiger charge is 2.44. The summed E-state index contributed by atoms with van der Waals surface area (Å²) in [6, 6.07) is -16.9. The molecule has 0 saturated carbocycles. The standard InChI is InChI=1S/C66H108N22O22/c1-33(2)28-42(63(108)88-27-11-16-45(88)60(105)83-41(64(109)110)14-8-24-73-66(69)70)84-61(106)46-17-10-26-87(46)62(107)40(13-7-23-72-65(67)68)82-53(98)35(4)78-52(97)34(3)77-48(91)30-76-56(101)39(19-21-51(95)96)81-58(103)43(32-89)85-54(99)36(5)79-59(104)44-15-9-25-86(44)49(92)31-74-47(90)29-75-55(100)38(18-20-50(93)94)80-57(102)37-12-6-22-71-37/h33-46,71,89H,6-32H2,1-5H3,(H,74,90)(H,75,100)(H,76,101)(H,77,91)(H,78,97)(H,79,104)(H,80,102)(H,81,103)(H,82,98)(H,83,105)(H,84,106)(H,85,99)(H,93,94)(H,95,96)(H,109,110)(H4,67,68,72)(H4,69,70,73)/t34-,35-,36-,37-,38-,39-,40-,41-,42-,43-,44-,45-,46-/m0/s1. The summed E-state index contributed by atoms with van der Waals surface area (Å²) in [5, 5.41) is 70.4. The number of guanidine groups is 2. The predicted octanol–water partition coefficient (Wildman–Crippen LogP) is -9.56. The molecular weight excluding hydrogens is 1450 g/mol. The van der Waals surface area contributed by atoms with Gasteiger partial charge in [-0.15, -0.1) is 0 Å². The van der Waals surface area contributed by atoms with E-state index in [2.05, 4.69) is 79.1 Å². The molecule has 0 bridgehead atoms. The van der Waals surface area contributed by atoms with Gasteiger partial charge < -0.3 is 127 Å². The number of rotatable bonds is 45. The van der Waals surface area contributed by atoms with Gasteiger partial charge in [0, 0.05) is 45.6 Å². The van der Waals surface area contributed by atoms with Gasteiger partial charge >= 0.3 is 17.9 Å². The number of carbonyl (C=O) groups excluding carboxylic acids is 15. The zero-order chi connectivity index (χ0) is 82.1. The fraction of sp³-hybridized carbons (Fsp3) is 0.697. The lowest BCUT2D eigenvalue weighted by Gasteiger charge is -2.32. The Morgan fingerprint density at radius 3 is 1.35 bits per heavy atom. The third kappa shape index (κ3) is 30.5. The summed E-state index contributed by atoms with van der Waals surface area (Å²) in [5.74, 6) is -17.2. The highest BCUT2D eigenvalue weighted by atomic mass is 16.4. The smallest absolute Gasteiger partial charge is 0.326 e.